The Balaban J connectivity index is 0.000000261. The Morgan fingerprint density at radius 2 is 1.54 bits per heavy atom. The van der Waals surface area contributed by atoms with Crippen molar-refractivity contribution in [2.75, 3.05) is 0 Å². The van der Waals surface area contributed by atoms with Crippen LogP contribution in [0, 0.1) is 18.6 Å². The maximum atomic E-state index is 13.0. The number of rotatable bonds is 6. The smallest absolute Gasteiger partial charge is 0.160 e. The fourth-order valence-corrected chi connectivity index (χ4v) is 3.33. The largest absolute Gasteiger partial charge is 0.237 e. The van der Waals surface area contributed by atoms with E-state index in [1.54, 1.807) is 0 Å². The molecule has 0 bridgehead atoms. The molecule has 3 aromatic rings. The molecule has 5 heteroatoms. The van der Waals surface area contributed by atoms with E-state index in [0.29, 0.717) is 6.54 Å². The molecule has 0 saturated heterocycles. The summed E-state index contributed by atoms with van der Waals surface area (Å²) in [6.45, 7) is 4.58. The normalized spacial score (nSPS) is 11.4. The first-order chi connectivity index (χ1) is 13.5. The molecule has 3 rings (SSSR count). The summed E-state index contributed by atoms with van der Waals surface area (Å²) >= 11 is 0. The summed E-state index contributed by atoms with van der Waals surface area (Å²) in [4.78, 5) is 0.214. The van der Waals surface area contributed by atoms with Crippen molar-refractivity contribution in [2.45, 2.75) is 38.1 Å². The van der Waals surface area contributed by atoms with Crippen LogP contribution in [0.2, 0.25) is 0 Å². The summed E-state index contributed by atoms with van der Waals surface area (Å²) in [6.07, 6.45) is 2.45. The van der Waals surface area contributed by atoms with Crippen LogP contribution in [0.25, 0.3) is 0 Å². The van der Waals surface area contributed by atoms with Gasteiger partial charge in [0.2, 0.25) is 0 Å². The van der Waals surface area contributed by atoms with Crippen molar-refractivity contribution in [3.05, 3.63) is 101 Å². The highest BCUT2D eigenvalue weighted by atomic mass is 32.2. The highest BCUT2D eigenvalue weighted by Gasteiger charge is 2.08. The van der Waals surface area contributed by atoms with Crippen molar-refractivity contribution in [2.24, 2.45) is 0 Å². The third kappa shape index (κ3) is 7.33. The summed E-state index contributed by atoms with van der Waals surface area (Å²) in [5.74, 6) is -1.94. The lowest BCUT2D eigenvalue weighted by Crippen LogP contribution is -2.17. The second-order valence-corrected chi connectivity index (χ2v) is 7.68. The molecule has 0 amide bonds. The summed E-state index contributed by atoms with van der Waals surface area (Å²) < 4.78 is 40.4. The van der Waals surface area contributed by atoms with Gasteiger partial charge in [-0.15, -0.1) is 0 Å². The van der Waals surface area contributed by atoms with E-state index in [9.17, 15) is 13.0 Å². The highest BCUT2D eigenvalue weighted by molar-refractivity contribution is 7.83. The zero-order chi connectivity index (χ0) is 20.4. The number of halogens is 2. The Kier molecular flexibility index (Phi) is 8.98. The minimum Gasteiger partial charge on any atom is -0.237 e. The number of nitrogens with one attached hydrogen (secondary N) is 1. The van der Waals surface area contributed by atoms with E-state index < -0.39 is 22.6 Å². The number of benzene rings is 3. The molecule has 0 radical (unpaired) electrons. The van der Waals surface area contributed by atoms with Crippen molar-refractivity contribution in [1.29, 1.82) is 0 Å². The molecule has 0 aromatic heterocycles. The molecule has 0 fully saturated rings. The van der Waals surface area contributed by atoms with E-state index in [1.165, 1.54) is 24.5 Å². The standard InChI is InChI=1S/C14H13F2NOS.C9H12/c1-10-2-4-11(5-3-10)9-17-19(18)12-6-7-13(15)14(16)8-12;1-2-6-9-7-4-3-5-8-9/h2-8,17H,9H2,1H3;3-5,7-8H,2,6H2,1H3. The van der Waals surface area contributed by atoms with Gasteiger partial charge in [0.05, 0.1) is 4.90 Å². The van der Waals surface area contributed by atoms with Gasteiger partial charge in [-0.25, -0.2) is 17.7 Å². The number of aryl methyl sites for hydroxylation is 2. The van der Waals surface area contributed by atoms with Crippen molar-refractivity contribution in [1.82, 2.24) is 4.72 Å². The van der Waals surface area contributed by atoms with Gasteiger partial charge >= 0.3 is 0 Å². The van der Waals surface area contributed by atoms with E-state index in [-0.39, 0.29) is 4.90 Å². The molecular formula is C23H25F2NOS. The maximum absolute atomic E-state index is 13.0. The van der Waals surface area contributed by atoms with Gasteiger partial charge in [-0.05, 0) is 42.7 Å². The van der Waals surface area contributed by atoms with Gasteiger partial charge in [0.15, 0.2) is 11.6 Å². The van der Waals surface area contributed by atoms with Gasteiger partial charge in [-0.3, -0.25) is 0 Å². The lowest BCUT2D eigenvalue weighted by Gasteiger charge is -2.05. The molecule has 0 heterocycles. The molecule has 0 spiro atoms. The van der Waals surface area contributed by atoms with Crippen molar-refractivity contribution in [3.8, 4) is 0 Å². The molecule has 0 saturated carbocycles. The van der Waals surface area contributed by atoms with E-state index in [4.69, 9.17) is 0 Å². The Morgan fingerprint density at radius 3 is 2.14 bits per heavy atom. The molecular weight excluding hydrogens is 376 g/mol. The molecule has 0 aliphatic rings. The maximum Gasteiger partial charge on any atom is 0.160 e. The van der Waals surface area contributed by atoms with Crippen LogP contribution >= 0.6 is 0 Å². The summed E-state index contributed by atoms with van der Waals surface area (Å²) in [6, 6.07) is 21.5. The van der Waals surface area contributed by atoms with Crippen LogP contribution in [0.1, 0.15) is 30.0 Å². The third-order valence-electron chi connectivity index (χ3n) is 4.01. The fraction of sp³-hybridized carbons (Fsp3) is 0.217. The zero-order valence-corrected chi connectivity index (χ0v) is 16.9. The van der Waals surface area contributed by atoms with E-state index in [2.05, 4.69) is 42.0 Å². The van der Waals surface area contributed by atoms with Gasteiger partial charge in [-0.1, -0.05) is 73.5 Å². The minimum atomic E-state index is -1.56. The lowest BCUT2D eigenvalue weighted by atomic mass is 10.1. The predicted octanol–water partition coefficient (Wildman–Crippen LogP) is 5.72. The average Bonchev–Trinajstić information content (AvgIpc) is 2.71. The molecule has 0 aliphatic carbocycles. The third-order valence-corrected chi connectivity index (χ3v) is 5.10. The first kappa shape index (κ1) is 21.9. The Hall–Kier alpha value is -2.37. The molecule has 2 nitrogen and oxygen atoms in total. The molecule has 1 unspecified atom stereocenters. The Morgan fingerprint density at radius 1 is 0.857 bits per heavy atom. The Bertz CT molecular complexity index is 883. The molecule has 3 aromatic carbocycles. The molecule has 28 heavy (non-hydrogen) atoms. The average molecular weight is 402 g/mol. The molecule has 0 aliphatic heterocycles. The summed E-state index contributed by atoms with van der Waals surface area (Å²) in [5, 5.41) is 0. The van der Waals surface area contributed by atoms with Crippen molar-refractivity contribution >= 4 is 11.0 Å². The SMILES string of the molecule is CCCc1ccccc1.Cc1ccc(CNS(=O)c2ccc(F)c(F)c2)cc1. The van der Waals surface area contributed by atoms with Gasteiger partial charge in [0.1, 0.15) is 11.0 Å². The summed E-state index contributed by atoms with van der Waals surface area (Å²) in [7, 11) is -1.56. The van der Waals surface area contributed by atoms with Gasteiger partial charge < -0.3 is 0 Å². The molecule has 1 N–H and O–H groups in total. The Labute approximate surface area is 168 Å². The zero-order valence-electron chi connectivity index (χ0n) is 16.1. The fourth-order valence-electron chi connectivity index (χ4n) is 2.46. The quantitative estimate of drug-likeness (QED) is 0.562. The minimum absolute atomic E-state index is 0.214. The second kappa shape index (κ2) is 11.5. The molecule has 1 atom stereocenters. The van der Waals surface area contributed by atoms with Crippen LogP contribution in [0.5, 0.6) is 0 Å². The van der Waals surface area contributed by atoms with Crippen LogP contribution in [0.15, 0.2) is 77.7 Å². The molecule has 148 valence electrons. The van der Waals surface area contributed by atoms with Crippen LogP contribution in [-0.4, -0.2) is 4.21 Å². The predicted molar refractivity (Wildman–Crippen MR) is 111 cm³/mol. The van der Waals surface area contributed by atoms with Crippen LogP contribution in [-0.2, 0) is 24.0 Å². The first-order valence-corrected chi connectivity index (χ1v) is 10.3. The lowest BCUT2D eigenvalue weighted by molar-refractivity contribution is 0.505. The van der Waals surface area contributed by atoms with E-state index in [1.807, 2.05) is 31.2 Å². The van der Waals surface area contributed by atoms with Gasteiger partial charge in [0, 0.05) is 6.54 Å². The van der Waals surface area contributed by atoms with E-state index >= 15 is 0 Å². The first-order valence-electron chi connectivity index (χ1n) is 9.19. The van der Waals surface area contributed by atoms with Crippen LogP contribution < -0.4 is 4.72 Å². The van der Waals surface area contributed by atoms with Crippen molar-refractivity contribution in [3.63, 3.8) is 0 Å². The topological polar surface area (TPSA) is 29.1 Å². The number of hydrogen-bond donors (Lipinski definition) is 1. The van der Waals surface area contributed by atoms with Crippen molar-refractivity contribution < 1.29 is 13.0 Å². The van der Waals surface area contributed by atoms with Gasteiger partial charge in [-0.2, -0.15) is 0 Å². The monoisotopic (exact) mass is 401 g/mol. The summed E-state index contributed by atoms with van der Waals surface area (Å²) in [5.41, 5.74) is 3.56. The van der Waals surface area contributed by atoms with Crippen LogP contribution in [0.3, 0.4) is 0 Å². The second-order valence-electron chi connectivity index (χ2n) is 6.39. The van der Waals surface area contributed by atoms with E-state index in [0.717, 1.165) is 23.3 Å². The highest BCUT2D eigenvalue weighted by Crippen LogP contribution is 2.12. The van der Waals surface area contributed by atoms with Crippen LogP contribution in [0.4, 0.5) is 8.78 Å². The number of hydrogen-bond acceptors (Lipinski definition) is 1. The van der Waals surface area contributed by atoms with Gasteiger partial charge in [0.25, 0.3) is 0 Å².